The van der Waals surface area contributed by atoms with Gasteiger partial charge in [0.2, 0.25) is 0 Å². The maximum Gasteiger partial charge on any atom is 0.338 e. The van der Waals surface area contributed by atoms with Crippen molar-refractivity contribution in [3.8, 4) is 0 Å². The number of fused-ring (bicyclic) bond motifs is 1. The molecule has 0 heterocycles. The zero-order chi connectivity index (χ0) is 17.7. The Kier molecular flexibility index (Phi) is 9.11. The van der Waals surface area contributed by atoms with E-state index in [1.54, 1.807) is 0 Å². The van der Waals surface area contributed by atoms with Crippen LogP contribution in [-0.2, 0) is 4.74 Å². The number of esters is 1. The van der Waals surface area contributed by atoms with Gasteiger partial charge in [0.25, 0.3) is 0 Å². The topological polar surface area (TPSA) is 26.3 Å². The van der Waals surface area contributed by atoms with Crippen LogP contribution in [0.5, 0.6) is 0 Å². The van der Waals surface area contributed by atoms with Gasteiger partial charge in [-0.25, -0.2) is 4.79 Å². The Morgan fingerprint density at radius 1 is 0.760 bits per heavy atom. The molecule has 0 bridgehead atoms. The number of hydrogen-bond donors (Lipinski definition) is 0. The number of benzene rings is 2. The van der Waals surface area contributed by atoms with Gasteiger partial charge in [0, 0.05) is 0 Å². The molecule has 2 aromatic carbocycles. The fourth-order valence-corrected chi connectivity index (χ4v) is 3.24. The van der Waals surface area contributed by atoms with E-state index < -0.39 is 0 Å². The molecular weight excluding hydrogens is 308 g/mol. The summed E-state index contributed by atoms with van der Waals surface area (Å²) >= 11 is 0. The van der Waals surface area contributed by atoms with Crippen molar-refractivity contribution in [2.24, 2.45) is 0 Å². The molecule has 0 amide bonds. The molecule has 2 heteroatoms. The number of rotatable bonds is 12. The van der Waals surface area contributed by atoms with E-state index in [-0.39, 0.29) is 5.97 Å². The normalized spacial score (nSPS) is 10.9. The minimum atomic E-state index is -0.201. The first-order chi connectivity index (χ1) is 12.3. The summed E-state index contributed by atoms with van der Waals surface area (Å²) in [4.78, 5) is 12.3. The van der Waals surface area contributed by atoms with Crippen molar-refractivity contribution in [3.63, 3.8) is 0 Å². The average Bonchev–Trinajstić information content (AvgIpc) is 2.65. The number of unbranched alkanes of at least 4 members (excludes halogenated alkanes) is 9. The van der Waals surface area contributed by atoms with Gasteiger partial charge in [-0.05, 0) is 23.3 Å². The van der Waals surface area contributed by atoms with Crippen LogP contribution in [0.25, 0.3) is 10.8 Å². The summed E-state index contributed by atoms with van der Waals surface area (Å²) in [7, 11) is 0. The van der Waals surface area contributed by atoms with E-state index in [9.17, 15) is 4.79 Å². The summed E-state index contributed by atoms with van der Waals surface area (Å²) in [5.74, 6) is -0.201. The molecule has 136 valence electrons. The van der Waals surface area contributed by atoms with Gasteiger partial charge in [-0.1, -0.05) is 101 Å². The summed E-state index contributed by atoms with van der Waals surface area (Å²) in [6.07, 6.45) is 12.9. The third-order valence-corrected chi connectivity index (χ3v) is 4.74. The molecule has 0 aliphatic rings. The first-order valence-electron chi connectivity index (χ1n) is 9.98. The minimum absolute atomic E-state index is 0.201. The first-order valence-corrected chi connectivity index (χ1v) is 9.98. The summed E-state index contributed by atoms with van der Waals surface area (Å²) in [5.41, 5.74) is 0.671. The van der Waals surface area contributed by atoms with Crippen molar-refractivity contribution in [1.82, 2.24) is 0 Å². The van der Waals surface area contributed by atoms with Crippen LogP contribution in [0.2, 0.25) is 0 Å². The largest absolute Gasteiger partial charge is 0.462 e. The van der Waals surface area contributed by atoms with Gasteiger partial charge in [-0.2, -0.15) is 0 Å². The van der Waals surface area contributed by atoms with Gasteiger partial charge in [-0.3, -0.25) is 0 Å². The van der Waals surface area contributed by atoms with Crippen molar-refractivity contribution >= 4 is 16.7 Å². The van der Waals surface area contributed by atoms with Crippen LogP contribution in [0.4, 0.5) is 0 Å². The van der Waals surface area contributed by atoms with E-state index in [2.05, 4.69) is 6.92 Å². The second kappa shape index (κ2) is 11.7. The van der Waals surface area contributed by atoms with Gasteiger partial charge < -0.3 is 4.74 Å². The number of carbonyl (C=O) groups is 1. The van der Waals surface area contributed by atoms with Gasteiger partial charge in [-0.15, -0.1) is 0 Å². The Morgan fingerprint density at radius 3 is 2.08 bits per heavy atom. The molecule has 0 atom stereocenters. The predicted molar refractivity (Wildman–Crippen MR) is 106 cm³/mol. The molecule has 0 saturated heterocycles. The van der Waals surface area contributed by atoms with Gasteiger partial charge in [0.05, 0.1) is 12.2 Å². The Bertz CT molecular complexity index is 628. The fourth-order valence-electron chi connectivity index (χ4n) is 3.24. The Labute approximate surface area is 152 Å². The van der Waals surface area contributed by atoms with Crippen molar-refractivity contribution < 1.29 is 9.53 Å². The highest BCUT2D eigenvalue weighted by Gasteiger charge is 2.10. The van der Waals surface area contributed by atoms with Gasteiger partial charge in [0.15, 0.2) is 0 Å². The molecule has 0 N–H and O–H groups in total. The van der Waals surface area contributed by atoms with Gasteiger partial charge >= 0.3 is 5.97 Å². The highest BCUT2D eigenvalue weighted by atomic mass is 16.5. The van der Waals surface area contributed by atoms with E-state index in [0.717, 1.165) is 23.6 Å². The van der Waals surface area contributed by atoms with Crippen LogP contribution in [-0.4, -0.2) is 12.6 Å². The van der Waals surface area contributed by atoms with Gasteiger partial charge in [0.1, 0.15) is 0 Å². The summed E-state index contributed by atoms with van der Waals surface area (Å²) < 4.78 is 5.47. The van der Waals surface area contributed by atoms with Crippen molar-refractivity contribution in [2.75, 3.05) is 6.61 Å². The van der Waals surface area contributed by atoms with Crippen molar-refractivity contribution in [1.29, 1.82) is 0 Å². The van der Waals surface area contributed by atoms with E-state index >= 15 is 0 Å². The lowest BCUT2D eigenvalue weighted by molar-refractivity contribution is 0.0500. The molecule has 0 fully saturated rings. The smallest absolute Gasteiger partial charge is 0.338 e. The summed E-state index contributed by atoms with van der Waals surface area (Å²) in [6, 6.07) is 13.7. The second-order valence-electron chi connectivity index (χ2n) is 6.84. The lowest BCUT2D eigenvalue weighted by Crippen LogP contribution is -2.07. The zero-order valence-corrected chi connectivity index (χ0v) is 15.6. The molecular formula is C23H32O2. The summed E-state index contributed by atoms with van der Waals surface area (Å²) in [6.45, 7) is 2.78. The molecule has 0 unspecified atom stereocenters. The highest BCUT2D eigenvalue weighted by Crippen LogP contribution is 2.19. The maximum atomic E-state index is 12.3. The Hall–Kier alpha value is -1.83. The maximum absolute atomic E-state index is 12.3. The molecule has 2 rings (SSSR count). The van der Waals surface area contributed by atoms with E-state index in [1.807, 2.05) is 42.5 Å². The third kappa shape index (κ3) is 6.89. The van der Waals surface area contributed by atoms with E-state index in [0.29, 0.717) is 12.2 Å². The lowest BCUT2D eigenvalue weighted by Gasteiger charge is -2.07. The first kappa shape index (κ1) is 19.5. The molecule has 2 aromatic rings. The number of carbonyl (C=O) groups excluding carboxylic acids is 1. The third-order valence-electron chi connectivity index (χ3n) is 4.74. The van der Waals surface area contributed by atoms with Crippen LogP contribution in [0.15, 0.2) is 42.5 Å². The molecule has 0 aromatic heterocycles. The molecule has 0 aliphatic heterocycles. The van der Waals surface area contributed by atoms with Crippen LogP contribution in [0.1, 0.15) is 81.5 Å². The minimum Gasteiger partial charge on any atom is -0.462 e. The monoisotopic (exact) mass is 340 g/mol. The molecule has 25 heavy (non-hydrogen) atoms. The zero-order valence-electron chi connectivity index (χ0n) is 15.6. The Balaban J connectivity index is 1.58. The van der Waals surface area contributed by atoms with Crippen LogP contribution in [0, 0.1) is 0 Å². The van der Waals surface area contributed by atoms with E-state index in [1.165, 1.54) is 51.4 Å². The fraction of sp³-hybridized carbons (Fsp3) is 0.522. The second-order valence-corrected chi connectivity index (χ2v) is 6.84. The molecule has 0 radical (unpaired) electrons. The van der Waals surface area contributed by atoms with Crippen molar-refractivity contribution in [3.05, 3.63) is 48.0 Å². The SMILES string of the molecule is CCCCCCCCCCCCOC(=O)c1cccc2ccccc12. The number of hydrogen-bond acceptors (Lipinski definition) is 2. The highest BCUT2D eigenvalue weighted by molar-refractivity contribution is 6.04. The van der Waals surface area contributed by atoms with Crippen LogP contribution >= 0.6 is 0 Å². The molecule has 2 nitrogen and oxygen atoms in total. The molecule has 0 saturated carbocycles. The van der Waals surface area contributed by atoms with Crippen molar-refractivity contribution in [2.45, 2.75) is 71.1 Å². The Morgan fingerprint density at radius 2 is 1.36 bits per heavy atom. The molecule has 0 spiro atoms. The summed E-state index contributed by atoms with van der Waals surface area (Å²) in [5, 5.41) is 2.05. The standard InChI is InChI=1S/C23H32O2/c1-2-3-4-5-6-7-8-9-10-13-19-25-23(24)22-18-14-16-20-15-11-12-17-21(20)22/h11-12,14-18H,2-10,13,19H2,1H3. The van der Waals surface area contributed by atoms with Crippen LogP contribution < -0.4 is 0 Å². The quantitative estimate of drug-likeness (QED) is 0.310. The van der Waals surface area contributed by atoms with E-state index in [4.69, 9.17) is 4.74 Å². The lowest BCUT2D eigenvalue weighted by atomic mass is 10.0. The molecule has 0 aliphatic carbocycles. The number of ether oxygens (including phenoxy) is 1. The average molecular weight is 341 g/mol. The van der Waals surface area contributed by atoms with Crippen LogP contribution in [0.3, 0.4) is 0 Å². The predicted octanol–water partition coefficient (Wildman–Crippen LogP) is 6.92.